The van der Waals surface area contributed by atoms with Gasteiger partial charge >= 0.3 is 5.97 Å². The van der Waals surface area contributed by atoms with E-state index in [0.717, 1.165) is 12.8 Å². The van der Waals surface area contributed by atoms with Gasteiger partial charge in [0.25, 0.3) is 0 Å². The van der Waals surface area contributed by atoms with Crippen molar-refractivity contribution in [3.8, 4) is 0 Å². The molecule has 0 bridgehead atoms. The van der Waals surface area contributed by atoms with Gasteiger partial charge in [0, 0.05) is 12.5 Å². The summed E-state index contributed by atoms with van der Waals surface area (Å²) in [7, 11) is 0. The van der Waals surface area contributed by atoms with Crippen LogP contribution in [-0.4, -0.2) is 17.0 Å². The molecule has 0 spiro atoms. The van der Waals surface area contributed by atoms with Crippen LogP contribution in [0.1, 0.15) is 31.2 Å². The molecule has 1 saturated carbocycles. The number of carbonyl (C=O) groups is 2. The molecule has 1 fully saturated rings. The molecule has 0 aromatic heterocycles. The summed E-state index contributed by atoms with van der Waals surface area (Å²) in [5.41, 5.74) is 0.698. The second kappa shape index (κ2) is 6.50. The molecule has 0 saturated heterocycles. The first-order valence-corrected chi connectivity index (χ1v) is 6.81. The maximum Gasteiger partial charge on any atom is 0.306 e. The average Bonchev–Trinajstić information content (AvgIpc) is 2.45. The van der Waals surface area contributed by atoms with Gasteiger partial charge in [-0.2, -0.15) is 0 Å². The minimum Gasteiger partial charge on any atom is -0.481 e. The zero-order valence-corrected chi connectivity index (χ0v) is 11.1. The molecule has 0 heterocycles. The quantitative estimate of drug-likeness (QED) is 0.889. The summed E-state index contributed by atoms with van der Waals surface area (Å²) in [5, 5.41) is 11.8. The van der Waals surface area contributed by atoms with Gasteiger partial charge in [-0.1, -0.05) is 18.6 Å². The first kappa shape index (κ1) is 14.5. The maximum atomic E-state index is 13.0. The minimum atomic E-state index is -0.826. The smallest absolute Gasteiger partial charge is 0.306 e. The predicted octanol–water partition coefficient (Wildman–Crippen LogP) is 2.33. The number of rotatable bonds is 4. The van der Waals surface area contributed by atoms with Crippen molar-refractivity contribution in [2.45, 2.75) is 32.2 Å². The van der Waals surface area contributed by atoms with Crippen molar-refractivity contribution in [2.75, 3.05) is 0 Å². The van der Waals surface area contributed by atoms with E-state index in [2.05, 4.69) is 5.32 Å². The molecular weight excluding hydrogens is 261 g/mol. The van der Waals surface area contributed by atoms with Crippen LogP contribution >= 0.6 is 0 Å². The Bertz CT molecular complexity index is 504. The molecule has 4 nitrogen and oxygen atoms in total. The van der Waals surface area contributed by atoms with Crippen molar-refractivity contribution in [1.29, 1.82) is 0 Å². The monoisotopic (exact) mass is 279 g/mol. The van der Waals surface area contributed by atoms with Gasteiger partial charge < -0.3 is 10.4 Å². The van der Waals surface area contributed by atoms with E-state index in [0.29, 0.717) is 18.4 Å². The lowest BCUT2D eigenvalue weighted by molar-refractivity contribution is -0.144. The van der Waals surface area contributed by atoms with Gasteiger partial charge in [0.05, 0.1) is 5.92 Å². The van der Waals surface area contributed by atoms with Crippen LogP contribution in [-0.2, 0) is 16.1 Å². The van der Waals surface area contributed by atoms with E-state index < -0.39 is 11.9 Å². The molecule has 108 valence electrons. The van der Waals surface area contributed by atoms with E-state index in [4.69, 9.17) is 5.11 Å². The molecule has 1 amide bonds. The van der Waals surface area contributed by atoms with E-state index in [1.807, 2.05) is 0 Å². The normalized spacial score (nSPS) is 22.2. The lowest BCUT2D eigenvalue weighted by atomic mass is 9.81. The zero-order valence-electron chi connectivity index (χ0n) is 11.1. The number of carbonyl (C=O) groups excluding carboxylic acids is 1. The molecule has 2 rings (SSSR count). The van der Waals surface area contributed by atoms with E-state index in [1.165, 1.54) is 12.1 Å². The van der Waals surface area contributed by atoms with Gasteiger partial charge in [-0.25, -0.2) is 4.39 Å². The predicted molar refractivity (Wildman–Crippen MR) is 71.3 cm³/mol. The van der Waals surface area contributed by atoms with Gasteiger partial charge in [0.1, 0.15) is 5.82 Å². The molecule has 1 aliphatic rings. The fourth-order valence-corrected chi connectivity index (χ4v) is 2.63. The Hall–Kier alpha value is -1.91. The average molecular weight is 279 g/mol. The number of hydrogen-bond donors (Lipinski definition) is 2. The molecule has 0 unspecified atom stereocenters. The highest BCUT2D eigenvalue weighted by Gasteiger charge is 2.30. The highest BCUT2D eigenvalue weighted by atomic mass is 19.1. The Kier molecular flexibility index (Phi) is 4.71. The summed E-state index contributed by atoms with van der Waals surface area (Å²) < 4.78 is 13.0. The van der Waals surface area contributed by atoms with Crippen LogP contribution < -0.4 is 5.32 Å². The Labute approximate surface area is 117 Å². The largest absolute Gasteiger partial charge is 0.481 e. The molecular formula is C15H18FNO3. The molecule has 5 heteroatoms. The molecule has 1 aliphatic carbocycles. The third-order valence-electron chi connectivity index (χ3n) is 3.75. The lowest BCUT2D eigenvalue weighted by Crippen LogP contribution is -2.35. The standard InChI is InChI=1S/C15H18FNO3/c16-13-6-1-3-10(7-13)9-17-14(18)11-4-2-5-12(8-11)15(19)20/h1,3,6-7,11-12H,2,4-5,8-9H2,(H,17,18)(H,19,20)/t11-,12+/m0/s1. The fourth-order valence-electron chi connectivity index (χ4n) is 2.63. The summed E-state index contributed by atoms with van der Waals surface area (Å²) in [6, 6.07) is 6.06. The maximum absolute atomic E-state index is 13.0. The highest BCUT2D eigenvalue weighted by molar-refractivity contribution is 5.80. The van der Waals surface area contributed by atoms with Crippen LogP contribution in [0.2, 0.25) is 0 Å². The Morgan fingerprint density at radius 3 is 2.75 bits per heavy atom. The molecule has 1 aromatic carbocycles. The van der Waals surface area contributed by atoms with E-state index in [1.54, 1.807) is 12.1 Å². The van der Waals surface area contributed by atoms with Crippen LogP contribution in [0.15, 0.2) is 24.3 Å². The number of hydrogen-bond acceptors (Lipinski definition) is 2. The third kappa shape index (κ3) is 3.79. The van der Waals surface area contributed by atoms with Crippen molar-refractivity contribution in [3.05, 3.63) is 35.6 Å². The minimum absolute atomic E-state index is 0.139. The summed E-state index contributed by atoms with van der Waals surface area (Å²) in [5.74, 6) is -1.97. The molecule has 0 aliphatic heterocycles. The number of amides is 1. The SMILES string of the molecule is O=C(O)[C@@H]1CCC[C@H](C(=O)NCc2cccc(F)c2)C1. The summed E-state index contributed by atoms with van der Waals surface area (Å²) in [6.45, 7) is 0.269. The second-order valence-electron chi connectivity index (χ2n) is 5.25. The van der Waals surface area contributed by atoms with E-state index in [-0.39, 0.29) is 24.2 Å². The Morgan fingerprint density at radius 2 is 2.05 bits per heavy atom. The van der Waals surface area contributed by atoms with Crippen LogP contribution in [0, 0.1) is 17.7 Å². The van der Waals surface area contributed by atoms with Gasteiger partial charge in [0.15, 0.2) is 0 Å². The third-order valence-corrected chi connectivity index (χ3v) is 3.75. The van der Waals surface area contributed by atoms with E-state index in [9.17, 15) is 14.0 Å². The van der Waals surface area contributed by atoms with Crippen LogP contribution in [0.5, 0.6) is 0 Å². The van der Waals surface area contributed by atoms with Gasteiger partial charge in [-0.15, -0.1) is 0 Å². The van der Waals surface area contributed by atoms with Crippen LogP contribution in [0.3, 0.4) is 0 Å². The van der Waals surface area contributed by atoms with Crippen LogP contribution in [0.25, 0.3) is 0 Å². The van der Waals surface area contributed by atoms with Crippen molar-refractivity contribution >= 4 is 11.9 Å². The Balaban J connectivity index is 1.87. The summed E-state index contributed by atoms with van der Waals surface area (Å²) in [4.78, 5) is 23.0. The summed E-state index contributed by atoms with van der Waals surface area (Å²) >= 11 is 0. The number of halogens is 1. The number of carboxylic acid groups (broad SMARTS) is 1. The Morgan fingerprint density at radius 1 is 1.30 bits per heavy atom. The van der Waals surface area contributed by atoms with Gasteiger partial charge in [-0.3, -0.25) is 9.59 Å². The van der Waals surface area contributed by atoms with Crippen molar-refractivity contribution in [3.63, 3.8) is 0 Å². The van der Waals surface area contributed by atoms with E-state index >= 15 is 0 Å². The molecule has 0 radical (unpaired) electrons. The van der Waals surface area contributed by atoms with Gasteiger partial charge in [-0.05, 0) is 37.0 Å². The topological polar surface area (TPSA) is 66.4 Å². The van der Waals surface area contributed by atoms with Crippen molar-refractivity contribution in [1.82, 2.24) is 5.32 Å². The fraction of sp³-hybridized carbons (Fsp3) is 0.467. The lowest BCUT2D eigenvalue weighted by Gasteiger charge is -2.25. The number of aliphatic carboxylic acids is 1. The first-order chi connectivity index (χ1) is 9.56. The van der Waals surface area contributed by atoms with Crippen molar-refractivity contribution in [2.24, 2.45) is 11.8 Å². The first-order valence-electron chi connectivity index (χ1n) is 6.81. The number of carboxylic acids is 1. The van der Waals surface area contributed by atoms with Gasteiger partial charge in [0.2, 0.25) is 5.91 Å². The van der Waals surface area contributed by atoms with Crippen LogP contribution in [0.4, 0.5) is 4.39 Å². The van der Waals surface area contributed by atoms with Crippen molar-refractivity contribution < 1.29 is 19.1 Å². The highest BCUT2D eigenvalue weighted by Crippen LogP contribution is 2.29. The number of nitrogens with one attached hydrogen (secondary N) is 1. The molecule has 2 N–H and O–H groups in total. The molecule has 20 heavy (non-hydrogen) atoms. The second-order valence-corrected chi connectivity index (χ2v) is 5.25. The molecule has 1 aromatic rings. The zero-order chi connectivity index (χ0) is 14.5. The number of benzene rings is 1. The molecule has 2 atom stereocenters. The summed E-state index contributed by atoms with van der Waals surface area (Å²) in [6.07, 6.45) is 2.51.